The molecule has 1 aliphatic rings. The number of hydrogen-bond donors (Lipinski definition) is 1. The molecule has 23 heavy (non-hydrogen) atoms. The molecule has 1 heterocycles. The molecule has 3 rings (SSSR count). The molecular weight excluding hydrogens is 355 g/mol. The van der Waals surface area contributed by atoms with Crippen LogP contribution in [0, 0.1) is 0 Å². The highest BCUT2D eigenvalue weighted by molar-refractivity contribution is 7.89. The van der Waals surface area contributed by atoms with Crippen molar-refractivity contribution in [1.82, 2.24) is 9.62 Å². The standard InChI is InChI=1S/C16H19ClN2O2S.ClH/c1-18-11-12-5-4-10-19(12)22(20,21)16-9-8-15(17)13-6-2-3-7-14(13)16;/h2-3,6-9,12,18H,4-5,10-11H2,1H3;1H. The molecule has 1 N–H and O–H groups in total. The van der Waals surface area contributed by atoms with Crippen LogP contribution in [0.3, 0.4) is 0 Å². The molecule has 0 spiro atoms. The number of benzene rings is 2. The molecule has 126 valence electrons. The van der Waals surface area contributed by atoms with Crippen LogP contribution in [0.15, 0.2) is 41.3 Å². The summed E-state index contributed by atoms with van der Waals surface area (Å²) in [5, 5.41) is 5.11. The molecule has 0 aliphatic carbocycles. The fraction of sp³-hybridized carbons (Fsp3) is 0.375. The Labute approximate surface area is 148 Å². The van der Waals surface area contributed by atoms with Crippen LogP contribution in [0.2, 0.25) is 5.02 Å². The van der Waals surface area contributed by atoms with E-state index in [1.54, 1.807) is 16.4 Å². The van der Waals surface area contributed by atoms with Gasteiger partial charge in [-0.05, 0) is 32.0 Å². The normalized spacial score (nSPS) is 19.0. The maximum Gasteiger partial charge on any atom is 0.243 e. The van der Waals surface area contributed by atoms with Crippen molar-refractivity contribution in [2.24, 2.45) is 0 Å². The predicted octanol–water partition coefficient (Wildman–Crippen LogP) is 3.29. The van der Waals surface area contributed by atoms with Gasteiger partial charge >= 0.3 is 0 Å². The van der Waals surface area contributed by atoms with Crippen molar-refractivity contribution in [3.8, 4) is 0 Å². The fourth-order valence-electron chi connectivity index (χ4n) is 3.15. The molecule has 2 aromatic carbocycles. The van der Waals surface area contributed by atoms with Gasteiger partial charge in [0.05, 0.1) is 4.90 Å². The van der Waals surface area contributed by atoms with Crippen molar-refractivity contribution in [2.75, 3.05) is 20.1 Å². The lowest BCUT2D eigenvalue weighted by Crippen LogP contribution is -2.40. The molecule has 4 nitrogen and oxygen atoms in total. The largest absolute Gasteiger partial charge is 0.318 e. The van der Waals surface area contributed by atoms with E-state index in [2.05, 4.69) is 5.32 Å². The summed E-state index contributed by atoms with van der Waals surface area (Å²) in [6.07, 6.45) is 1.79. The van der Waals surface area contributed by atoms with Gasteiger partial charge in [0.2, 0.25) is 10.0 Å². The second-order valence-electron chi connectivity index (χ2n) is 5.56. The van der Waals surface area contributed by atoms with Crippen LogP contribution in [0.25, 0.3) is 10.8 Å². The first-order valence-corrected chi connectivity index (χ1v) is 9.21. The van der Waals surface area contributed by atoms with Gasteiger partial charge in [-0.3, -0.25) is 0 Å². The van der Waals surface area contributed by atoms with Crippen LogP contribution < -0.4 is 5.32 Å². The molecule has 2 aromatic rings. The zero-order valence-electron chi connectivity index (χ0n) is 12.8. The van der Waals surface area contributed by atoms with Gasteiger partial charge in [-0.25, -0.2) is 8.42 Å². The number of nitrogens with zero attached hydrogens (tertiary/aromatic N) is 1. The lowest BCUT2D eigenvalue weighted by molar-refractivity contribution is 0.379. The summed E-state index contributed by atoms with van der Waals surface area (Å²) in [6.45, 7) is 1.25. The molecule has 1 saturated heterocycles. The number of likely N-dealkylation sites (N-methyl/N-ethyl adjacent to an activating group) is 1. The number of fused-ring (bicyclic) bond motifs is 1. The van der Waals surface area contributed by atoms with Gasteiger partial charge in [0.15, 0.2) is 0 Å². The third-order valence-electron chi connectivity index (χ3n) is 4.18. The fourth-order valence-corrected chi connectivity index (χ4v) is 5.27. The number of rotatable bonds is 4. The molecule has 0 radical (unpaired) electrons. The van der Waals surface area contributed by atoms with Crippen molar-refractivity contribution < 1.29 is 8.42 Å². The molecular formula is C16H20Cl2N2O2S. The first-order chi connectivity index (χ1) is 10.6. The van der Waals surface area contributed by atoms with Gasteiger partial charge in [0.1, 0.15) is 0 Å². The highest BCUT2D eigenvalue weighted by Gasteiger charge is 2.35. The van der Waals surface area contributed by atoms with Crippen molar-refractivity contribution in [1.29, 1.82) is 0 Å². The molecule has 1 fully saturated rings. The van der Waals surface area contributed by atoms with E-state index in [0.717, 1.165) is 18.2 Å². The minimum Gasteiger partial charge on any atom is -0.318 e. The van der Waals surface area contributed by atoms with E-state index in [1.165, 1.54) is 0 Å². The maximum absolute atomic E-state index is 13.1. The highest BCUT2D eigenvalue weighted by atomic mass is 35.5. The second kappa shape index (κ2) is 7.36. The molecule has 1 aliphatic heterocycles. The summed E-state index contributed by atoms with van der Waals surface area (Å²) in [5.41, 5.74) is 0. The number of nitrogens with one attached hydrogen (secondary N) is 1. The summed E-state index contributed by atoms with van der Waals surface area (Å²) in [4.78, 5) is 0.343. The highest BCUT2D eigenvalue weighted by Crippen LogP contribution is 2.33. The maximum atomic E-state index is 13.1. The molecule has 0 amide bonds. The zero-order chi connectivity index (χ0) is 15.7. The van der Waals surface area contributed by atoms with Crippen molar-refractivity contribution in [2.45, 2.75) is 23.8 Å². The van der Waals surface area contributed by atoms with E-state index in [9.17, 15) is 8.42 Å². The number of sulfonamides is 1. The van der Waals surface area contributed by atoms with Crippen molar-refractivity contribution in [3.63, 3.8) is 0 Å². The third-order valence-corrected chi connectivity index (χ3v) is 6.52. The van der Waals surface area contributed by atoms with Gasteiger partial charge in [-0.2, -0.15) is 4.31 Å². The number of hydrogen-bond acceptors (Lipinski definition) is 3. The monoisotopic (exact) mass is 374 g/mol. The van der Waals surface area contributed by atoms with E-state index in [0.29, 0.717) is 28.4 Å². The Morgan fingerprint density at radius 2 is 1.91 bits per heavy atom. The minimum atomic E-state index is -3.52. The zero-order valence-corrected chi connectivity index (χ0v) is 15.2. The van der Waals surface area contributed by atoms with Crippen molar-refractivity contribution in [3.05, 3.63) is 41.4 Å². The molecule has 7 heteroatoms. The van der Waals surface area contributed by atoms with Gasteiger partial charge in [0, 0.05) is 34.9 Å². The van der Waals surface area contributed by atoms with Crippen LogP contribution in [0.5, 0.6) is 0 Å². The Balaban J connectivity index is 0.00000192. The molecule has 0 saturated carbocycles. The summed E-state index contributed by atoms with van der Waals surface area (Å²) < 4.78 is 27.8. The Kier molecular flexibility index (Phi) is 5.92. The minimum absolute atomic E-state index is 0. The molecule has 1 atom stereocenters. The third kappa shape index (κ3) is 3.35. The lowest BCUT2D eigenvalue weighted by atomic mass is 10.1. The van der Waals surface area contributed by atoms with Gasteiger partial charge in [-0.15, -0.1) is 12.4 Å². The second-order valence-corrected chi connectivity index (χ2v) is 7.83. The van der Waals surface area contributed by atoms with E-state index in [-0.39, 0.29) is 18.4 Å². The topological polar surface area (TPSA) is 49.4 Å². The average Bonchev–Trinajstić information content (AvgIpc) is 2.97. The Bertz CT molecular complexity index is 796. The first kappa shape index (κ1) is 18.5. The average molecular weight is 375 g/mol. The lowest BCUT2D eigenvalue weighted by Gasteiger charge is -2.24. The van der Waals surface area contributed by atoms with Crippen LogP contribution >= 0.6 is 24.0 Å². The van der Waals surface area contributed by atoms with Gasteiger partial charge < -0.3 is 5.32 Å². The Morgan fingerprint density at radius 3 is 2.61 bits per heavy atom. The van der Waals surface area contributed by atoms with Crippen LogP contribution in [-0.4, -0.2) is 38.9 Å². The van der Waals surface area contributed by atoms with Crippen LogP contribution in [-0.2, 0) is 10.0 Å². The van der Waals surface area contributed by atoms with Gasteiger partial charge in [0.25, 0.3) is 0 Å². The predicted molar refractivity (Wildman–Crippen MR) is 97.0 cm³/mol. The number of halogens is 2. The summed E-state index contributed by atoms with van der Waals surface area (Å²) in [6, 6.07) is 10.7. The molecule has 1 unspecified atom stereocenters. The van der Waals surface area contributed by atoms with Crippen molar-refractivity contribution >= 4 is 44.8 Å². The van der Waals surface area contributed by atoms with E-state index >= 15 is 0 Å². The summed E-state index contributed by atoms with van der Waals surface area (Å²) in [5.74, 6) is 0. The Hall–Kier alpha value is -0.850. The van der Waals surface area contributed by atoms with Crippen LogP contribution in [0.4, 0.5) is 0 Å². The quantitative estimate of drug-likeness (QED) is 0.892. The van der Waals surface area contributed by atoms with Crippen LogP contribution in [0.1, 0.15) is 12.8 Å². The van der Waals surface area contributed by atoms with E-state index in [1.807, 2.05) is 31.3 Å². The Morgan fingerprint density at radius 1 is 1.22 bits per heavy atom. The first-order valence-electron chi connectivity index (χ1n) is 7.39. The summed E-state index contributed by atoms with van der Waals surface area (Å²) >= 11 is 6.20. The van der Waals surface area contributed by atoms with Gasteiger partial charge in [-0.1, -0.05) is 35.9 Å². The summed E-state index contributed by atoms with van der Waals surface area (Å²) in [7, 11) is -1.67. The van der Waals surface area contributed by atoms with E-state index in [4.69, 9.17) is 11.6 Å². The molecule has 0 bridgehead atoms. The van der Waals surface area contributed by atoms with E-state index < -0.39 is 10.0 Å². The molecule has 0 aromatic heterocycles. The SMILES string of the molecule is CNCC1CCCN1S(=O)(=O)c1ccc(Cl)c2ccccc12.Cl. The smallest absolute Gasteiger partial charge is 0.243 e.